The number of hydrogen-bond acceptors (Lipinski definition) is 7. The summed E-state index contributed by atoms with van der Waals surface area (Å²) in [5, 5.41) is 17.0. The zero-order valence-electron chi connectivity index (χ0n) is 19.5. The molecule has 0 aliphatic carbocycles. The molecule has 0 saturated carbocycles. The number of nitrogens with zero attached hydrogens (tertiary/aromatic N) is 5. The van der Waals surface area contributed by atoms with Crippen molar-refractivity contribution in [2.45, 2.75) is 43.6 Å². The lowest BCUT2D eigenvalue weighted by molar-refractivity contribution is -0.148. The number of aromatic nitrogens is 3. The van der Waals surface area contributed by atoms with E-state index in [1.165, 1.54) is 15.6 Å². The molecule has 3 atom stereocenters. The fourth-order valence-electron chi connectivity index (χ4n) is 5.62. The minimum atomic E-state index is -4.24. The maximum atomic E-state index is 13.3. The molecule has 3 aromatic rings. The van der Waals surface area contributed by atoms with Crippen LogP contribution in [0.25, 0.3) is 5.65 Å². The second-order valence-corrected chi connectivity index (χ2v) is 10.0. The van der Waals surface area contributed by atoms with E-state index in [1.807, 2.05) is 19.1 Å². The molecule has 5 heterocycles. The van der Waals surface area contributed by atoms with Crippen LogP contribution in [-0.4, -0.2) is 80.6 Å². The molecular formula is C24H25F3N6O3. The molecule has 9 nitrogen and oxygen atoms in total. The van der Waals surface area contributed by atoms with E-state index in [0.29, 0.717) is 54.3 Å². The third-order valence-corrected chi connectivity index (χ3v) is 7.25. The summed E-state index contributed by atoms with van der Waals surface area (Å²) in [6.45, 7) is 1.42. The first-order chi connectivity index (χ1) is 17.1. The second kappa shape index (κ2) is 8.07. The van der Waals surface area contributed by atoms with Crippen LogP contribution in [0.4, 0.5) is 24.5 Å². The molecule has 1 aromatic carbocycles. The fraction of sp³-hybridized carbons (Fsp3) is 0.458. The Morgan fingerprint density at radius 2 is 2.14 bits per heavy atom. The highest BCUT2D eigenvalue weighted by Crippen LogP contribution is 2.45. The number of aliphatic hydroxyl groups excluding tert-OH is 1. The summed E-state index contributed by atoms with van der Waals surface area (Å²) in [7, 11) is 0. The monoisotopic (exact) mass is 502 g/mol. The molecule has 1 unspecified atom stereocenters. The van der Waals surface area contributed by atoms with Gasteiger partial charge in [0.1, 0.15) is 16.9 Å². The van der Waals surface area contributed by atoms with Crippen LogP contribution in [0.3, 0.4) is 0 Å². The number of ether oxygens (including phenoxy) is 1. The van der Waals surface area contributed by atoms with Crippen molar-refractivity contribution >= 4 is 22.9 Å². The van der Waals surface area contributed by atoms with Crippen LogP contribution >= 0.6 is 0 Å². The van der Waals surface area contributed by atoms with Gasteiger partial charge in [0, 0.05) is 55.6 Å². The average molecular weight is 502 g/mol. The normalized spacial score (nSPS) is 25.4. The van der Waals surface area contributed by atoms with Crippen LogP contribution in [0, 0.1) is 0 Å². The lowest BCUT2D eigenvalue weighted by atomic mass is 9.99. The van der Waals surface area contributed by atoms with Crippen LogP contribution < -0.4 is 15.0 Å². The molecule has 3 aliphatic heterocycles. The Labute approximate surface area is 204 Å². The number of piperazine rings is 1. The second-order valence-electron chi connectivity index (χ2n) is 10.0. The average Bonchev–Trinajstić information content (AvgIpc) is 3.58. The van der Waals surface area contributed by atoms with E-state index in [0.717, 1.165) is 5.56 Å². The van der Waals surface area contributed by atoms with Gasteiger partial charge in [0.05, 0.1) is 30.7 Å². The molecule has 0 radical (unpaired) electrons. The Morgan fingerprint density at radius 1 is 1.31 bits per heavy atom. The third-order valence-electron chi connectivity index (χ3n) is 7.25. The van der Waals surface area contributed by atoms with Crippen molar-refractivity contribution in [2.75, 3.05) is 36.5 Å². The number of carbonyl (C=O) groups excluding carboxylic acids is 1. The van der Waals surface area contributed by atoms with Crippen molar-refractivity contribution in [2.24, 2.45) is 0 Å². The third kappa shape index (κ3) is 3.94. The summed E-state index contributed by atoms with van der Waals surface area (Å²) in [5.41, 5.74) is 2.01. The van der Waals surface area contributed by atoms with Gasteiger partial charge >= 0.3 is 6.18 Å². The molecule has 2 N–H and O–H groups in total. The fourth-order valence-corrected chi connectivity index (χ4v) is 5.62. The van der Waals surface area contributed by atoms with Gasteiger partial charge in [-0.2, -0.15) is 18.3 Å². The van der Waals surface area contributed by atoms with Crippen molar-refractivity contribution in [3.05, 3.63) is 47.9 Å². The number of carbonyl (C=O) groups is 1. The van der Waals surface area contributed by atoms with Crippen LogP contribution in [0.2, 0.25) is 0 Å². The minimum Gasteiger partial charge on any atom is -0.484 e. The van der Waals surface area contributed by atoms with E-state index in [9.17, 15) is 23.1 Å². The predicted molar refractivity (Wildman–Crippen MR) is 124 cm³/mol. The zero-order valence-corrected chi connectivity index (χ0v) is 19.5. The van der Waals surface area contributed by atoms with Gasteiger partial charge in [0.15, 0.2) is 5.65 Å². The number of benzene rings is 1. The van der Waals surface area contributed by atoms with Crippen LogP contribution in [-0.2, 0) is 6.42 Å². The van der Waals surface area contributed by atoms with Gasteiger partial charge in [-0.3, -0.25) is 9.69 Å². The summed E-state index contributed by atoms with van der Waals surface area (Å²) < 4.78 is 46.6. The number of nitrogens with one attached hydrogen (secondary N) is 1. The lowest BCUT2D eigenvalue weighted by Crippen LogP contribution is -2.49. The Hall–Kier alpha value is -3.38. The van der Waals surface area contributed by atoms with Crippen LogP contribution in [0.5, 0.6) is 5.75 Å². The number of aliphatic hydroxyl groups is 1. The number of hydrogen-bond donors (Lipinski definition) is 2. The van der Waals surface area contributed by atoms with Crippen molar-refractivity contribution in [3.63, 3.8) is 0 Å². The molecule has 12 heteroatoms. The highest BCUT2D eigenvalue weighted by molar-refractivity contribution is 6.09. The van der Waals surface area contributed by atoms with Gasteiger partial charge in [-0.1, -0.05) is 0 Å². The highest BCUT2D eigenvalue weighted by atomic mass is 19.4. The summed E-state index contributed by atoms with van der Waals surface area (Å²) in [4.78, 5) is 21.1. The smallest absolute Gasteiger partial charge is 0.401 e. The van der Waals surface area contributed by atoms with Crippen molar-refractivity contribution in [1.82, 2.24) is 19.5 Å². The number of likely N-dealkylation sites (tertiary alicyclic amines) is 1. The van der Waals surface area contributed by atoms with Gasteiger partial charge in [0.25, 0.3) is 5.91 Å². The predicted octanol–water partition coefficient (Wildman–Crippen LogP) is 2.49. The molecule has 3 aliphatic rings. The van der Waals surface area contributed by atoms with E-state index < -0.39 is 24.2 Å². The molecule has 2 fully saturated rings. The van der Waals surface area contributed by atoms with Crippen molar-refractivity contribution < 1.29 is 27.8 Å². The standard InChI is InChI=1S/C24H25F3N6O3/c1-23(13-34)8-14-5-18(30-22(35)17-9-29-33-4-2-3-28-21(17)33)19(7-20(14)36-23)32-11-15-6-16(32)10-31(15)12-24(25,26)27/h2-5,7,9,15-16,34H,6,8,10-13H2,1H3,(H,30,35)/t15-,16-,23?/m0/s1. The number of rotatable bonds is 5. The zero-order chi connectivity index (χ0) is 25.2. The maximum Gasteiger partial charge on any atom is 0.401 e. The van der Waals surface area contributed by atoms with E-state index in [4.69, 9.17) is 4.74 Å². The first-order valence-corrected chi connectivity index (χ1v) is 11.8. The van der Waals surface area contributed by atoms with E-state index in [1.54, 1.807) is 18.5 Å². The molecule has 0 spiro atoms. The van der Waals surface area contributed by atoms with Gasteiger partial charge in [-0.15, -0.1) is 0 Å². The summed E-state index contributed by atoms with van der Waals surface area (Å²) in [5.74, 6) is 0.212. The lowest BCUT2D eigenvalue weighted by Gasteiger charge is -2.36. The first kappa shape index (κ1) is 23.0. The molecule has 2 aromatic heterocycles. The van der Waals surface area contributed by atoms with Gasteiger partial charge in [-0.05, 0) is 25.5 Å². The molecular weight excluding hydrogens is 477 g/mol. The summed E-state index contributed by atoms with van der Waals surface area (Å²) in [6, 6.07) is 5.04. The Balaban J connectivity index is 1.33. The van der Waals surface area contributed by atoms with E-state index in [2.05, 4.69) is 20.3 Å². The molecule has 36 heavy (non-hydrogen) atoms. The van der Waals surface area contributed by atoms with Crippen LogP contribution in [0.15, 0.2) is 36.8 Å². The SMILES string of the molecule is CC1(CO)Cc2cc(NC(=O)c3cnn4cccnc34)c(N3C[C@@H]4C[C@H]3CN4CC(F)(F)F)cc2O1. The first-order valence-electron chi connectivity index (χ1n) is 11.8. The van der Waals surface area contributed by atoms with Crippen molar-refractivity contribution in [3.8, 4) is 5.75 Å². The van der Waals surface area contributed by atoms with Gasteiger partial charge in [0.2, 0.25) is 0 Å². The van der Waals surface area contributed by atoms with Gasteiger partial charge in [-0.25, -0.2) is 9.50 Å². The topological polar surface area (TPSA) is 95.2 Å². The summed E-state index contributed by atoms with van der Waals surface area (Å²) in [6.07, 6.45) is 1.56. The minimum absolute atomic E-state index is 0.115. The van der Waals surface area contributed by atoms with Gasteiger partial charge < -0.3 is 20.1 Å². The molecule has 2 bridgehead atoms. The quantitative estimate of drug-likeness (QED) is 0.554. The molecule has 190 valence electrons. The number of fused-ring (bicyclic) bond motifs is 4. The van der Waals surface area contributed by atoms with E-state index >= 15 is 0 Å². The maximum absolute atomic E-state index is 13.3. The summed E-state index contributed by atoms with van der Waals surface area (Å²) >= 11 is 0. The molecule has 6 rings (SSSR count). The van der Waals surface area contributed by atoms with Crippen molar-refractivity contribution in [1.29, 1.82) is 0 Å². The van der Waals surface area contributed by atoms with E-state index in [-0.39, 0.29) is 18.7 Å². The van der Waals surface area contributed by atoms with Crippen LogP contribution in [0.1, 0.15) is 29.3 Å². The largest absolute Gasteiger partial charge is 0.484 e. The Kier molecular flexibility index (Phi) is 5.16. The molecule has 2 saturated heterocycles. The number of halogens is 3. The Bertz CT molecular complexity index is 1340. The number of anilines is 2. The highest BCUT2D eigenvalue weighted by Gasteiger charge is 2.47. The Morgan fingerprint density at radius 3 is 2.86 bits per heavy atom. The number of alkyl halides is 3. The number of amides is 1. The molecule has 1 amide bonds.